The lowest BCUT2D eigenvalue weighted by molar-refractivity contribution is -0.124. The third kappa shape index (κ3) is 9.36. The van der Waals surface area contributed by atoms with E-state index in [0.29, 0.717) is 12.1 Å². The summed E-state index contributed by atoms with van der Waals surface area (Å²) in [7, 11) is 0. The highest BCUT2D eigenvalue weighted by Gasteiger charge is 2.21. The number of allylic oxidation sites excluding steroid dienone is 9. The molecule has 0 aliphatic carbocycles. The van der Waals surface area contributed by atoms with Gasteiger partial charge in [0.05, 0.1) is 5.70 Å². The highest BCUT2D eigenvalue weighted by atomic mass is 16.1. The van der Waals surface area contributed by atoms with Gasteiger partial charge in [0, 0.05) is 24.1 Å². The van der Waals surface area contributed by atoms with Crippen molar-refractivity contribution < 1.29 is 4.79 Å². The van der Waals surface area contributed by atoms with Gasteiger partial charge in [-0.1, -0.05) is 37.3 Å². The summed E-state index contributed by atoms with van der Waals surface area (Å²) >= 11 is 0. The van der Waals surface area contributed by atoms with Gasteiger partial charge in [0.1, 0.15) is 5.82 Å². The van der Waals surface area contributed by atoms with Gasteiger partial charge < -0.3 is 16.0 Å². The Bertz CT molecular complexity index is 857. The molecular formula is C27H38N4O. The topological polar surface area (TPSA) is 65.5 Å². The van der Waals surface area contributed by atoms with Crippen molar-refractivity contribution in [1.29, 1.82) is 0 Å². The first kappa shape index (κ1) is 26.9. The van der Waals surface area contributed by atoms with E-state index in [4.69, 9.17) is 6.42 Å². The molecule has 0 unspecified atom stereocenters. The summed E-state index contributed by atoms with van der Waals surface area (Å²) < 4.78 is 0. The van der Waals surface area contributed by atoms with Gasteiger partial charge in [0.25, 0.3) is 0 Å². The molecule has 3 N–H and O–H groups in total. The molecule has 1 aliphatic rings. The fourth-order valence-corrected chi connectivity index (χ4v) is 3.27. The van der Waals surface area contributed by atoms with Crippen molar-refractivity contribution in [2.75, 3.05) is 13.1 Å². The van der Waals surface area contributed by atoms with Gasteiger partial charge in [-0.15, -0.1) is 6.42 Å². The van der Waals surface area contributed by atoms with Crippen molar-refractivity contribution in [3.63, 3.8) is 0 Å². The molecule has 0 atom stereocenters. The number of piperidine rings is 1. The maximum absolute atomic E-state index is 12.6. The standard InChI is InChI=1S/C27H38N4O/c1-8-21(9-2)23(13-14-24(10-3)30-26(12-5)29-20(6)7)19-25(11-4)31-27(32)22-15-17-28-18-16-22/h4,8-10,12-13,19-20,22,28-29H,1,3,14-18H2,2,5-7H3,(H,31,32)/b21-9-,23-13-,25-19+,26-12-,30-24+. The fraction of sp³-hybridized carbons (Fsp3) is 0.407. The Balaban J connectivity index is 3.15. The van der Waals surface area contributed by atoms with Crippen molar-refractivity contribution in [2.45, 2.75) is 53.0 Å². The lowest BCUT2D eigenvalue weighted by Crippen LogP contribution is -2.37. The maximum Gasteiger partial charge on any atom is 0.228 e. The minimum absolute atomic E-state index is 0.0202. The molecule has 0 aromatic carbocycles. The SMILES string of the molecule is C#C\C(=C/C(=C/C/C(C=C)=N/C(=C\C)NC(C)C)C(/C=C)=C\C)NC(=O)C1CCNCC1. The molecule has 5 nitrogen and oxygen atoms in total. The van der Waals surface area contributed by atoms with E-state index in [1.54, 1.807) is 12.2 Å². The summed E-state index contributed by atoms with van der Waals surface area (Å²) in [6.45, 7) is 17.5. The van der Waals surface area contributed by atoms with Crippen LogP contribution in [0.1, 0.15) is 47.0 Å². The summed E-state index contributed by atoms with van der Waals surface area (Å²) in [4.78, 5) is 17.3. The molecule has 1 aliphatic heterocycles. The number of carbonyl (C=O) groups excluding carboxylic acids is 1. The van der Waals surface area contributed by atoms with Crippen molar-refractivity contribution in [3.05, 3.63) is 72.3 Å². The Hall–Kier alpha value is -3.10. The van der Waals surface area contributed by atoms with Crippen LogP contribution in [0.2, 0.25) is 0 Å². The number of aliphatic imine (C=N–C) groups is 1. The van der Waals surface area contributed by atoms with Crippen molar-refractivity contribution >= 4 is 11.6 Å². The molecule has 1 amide bonds. The predicted molar refractivity (Wildman–Crippen MR) is 137 cm³/mol. The molecule has 1 rings (SSSR count). The van der Waals surface area contributed by atoms with E-state index in [-0.39, 0.29) is 17.9 Å². The zero-order valence-electron chi connectivity index (χ0n) is 20.0. The number of carbonyl (C=O) groups is 1. The van der Waals surface area contributed by atoms with Crippen LogP contribution in [0.25, 0.3) is 0 Å². The van der Waals surface area contributed by atoms with Crippen LogP contribution in [0, 0.1) is 18.3 Å². The van der Waals surface area contributed by atoms with Crippen LogP contribution in [0.4, 0.5) is 0 Å². The van der Waals surface area contributed by atoms with Crippen LogP contribution in [-0.4, -0.2) is 30.8 Å². The van der Waals surface area contributed by atoms with Crippen molar-refractivity contribution in [3.8, 4) is 12.3 Å². The smallest absolute Gasteiger partial charge is 0.228 e. The van der Waals surface area contributed by atoms with Gasteiger partial charge in [-0.25, -0.2) is 4.99 Å². The molecule has 0 aromatic rings. The Morgan fingerprint density at radius 3 is 2.38 bits per heavy atom. The molecule has 0 aromatic heterocycles. The highest BCUT2D eigenvalue weighted by Crippen LogP contribution is 2.17. The third-order valence-electron chi connectivity index (χ3n) is 5.03. The van der Waals surface area contributed by atoms with Crippen LogP contribution in [0.3, 0.4) is 0 Å². The Morgan fingerprint density at radius 2 is 1.88 bits per heavy atom. The highest BCUT2D eigenvalue weighted by molar-refractivity contribution is 5.96. The molecule has 0 spiro atoms. The molecule has 1 saturated heterocycles. The second kappa shape index (κ2) is 14.8. The van der Waals surface area contributed by atoms with Crippen LogP contribution in [0.5, 0.6) is 0 Å². The number of nitrogens with one attached hydrogen (secondary N) is 3. The second-order valence-electron chi connectivity index (χ2n) is 7.81. The van der Waals surface area contributed by atoms with Gasteiger partial charge in [0.15, 0.2) is 0 Å². The number of hydrogen-bond donors (Lipinski definition) is 3. The monoisotopic (exact) mass is 434 g/mol. The maximum atomic E-state index is 12.6. The van der Waals surface area contributed by atoms with Gasteiger partial charge in [-0.3, -0.25) is 4.79 Å². The lowest BCUT2D eigenvalue weighted by Gasteiger charge is -2.21. The molecule has 5 heteroatoms. The summed E-state index contributed by atoms with van der Waals surface area (Å²) in [5, 5.41) is 9.50. The number of hydrogen-bond acceptors (Lipinski definition) is 4. The Morgan fingerprint density at radius 1 is 1.19 bits per heavy atom. The number of terminal acetylenes is 1. The molecule has 0 saturated carbocycles. The number of rotatable bonds is 11. The zero-order valence-corrected chi connectivity index (χ0v) is 20.0. The van der Waals surface area contributed by atoms with E-state index in [1.807, 2.05) is 38.2 Å². The number of nitrogens with zero attached hydrogens (tertiary/aromatic N) is 1. The minimum Gasteiger partial charge on any atom is -0.368 e. The van der Waals surface area contributed by atoms with Crippen molar-refractivity contribution in [1.82, 2.24) is 16.0 Å². The first-order chi connectivity index (χ1) is 15.4. The van der Waals surface area contributed by atoms with Crippen molar-refractivity contribution in [2.24, 2.45) is 10.9 Å². The summed E-state index contributed by atoms with van der Waals surface area (Å²) in [5.74, 6) is 3.37. The lowest BCUT2D eigenvalue weighted by atomic mass is 9.97. The normalized spacial score (nSPS) is 17.1. The first-order valence-corrected chi connectivity index (χ1v) is 11.2. The molecule has 172 valence electrons. The third-order valence-corrected chi connectivity index (χ3v) is 5.03. The van der Waals surface area contributed by atoms with E-state index < -0.39 is 0 Å². The summed E-state index contributed by atoms with van der Waals surface area (Å²) in [5.41, 5.74) is 3.05. The quantitative estimate of drug-likeness (QED) is 0.254. The fourth-order valence-electron chi connectivity index (χ4n) is 3.27. The summed E-state index contributed by atoms with van der Waals surface area (Å²) in [6.07, 6.45) is 19.2. The van der Waals surface area contributed by atoms with E-state index in [9.17, 15) is 4.79 Å². The molecule has 0 radical (unpaired) electrons. The molecule has 1 heterocycles. The van der Waals surface area contributed by atoms with Gasteiger partial charge in [0.2, 0.25) is 5.91 Å². The molecule has 1 fully saturated rings. The minimum atomic E-state index is -0.0264. The average molecular weight is 435 g/mol. The van der Waals surface area contributed by atoms with E-state index in [0.717, 1.165) is 48.6 Å². The zero-order chi connectivity index (χ0) is 23.9. The largest absolute Gasteiger partial charge is 0.368 e. The van der Waals surface area contributed by atoms with Crippen LogP contribution < -0.4 is 16.0 Å². The van der Waals surface area contributed by atoms with Crippen LogP contribution >= 0.6 is 0 Å². The molecular weight excluding hydrogens is 396 g/mol. The first-order valence-electron chi connectivity index (χ1n) is 11.2. The van der Waals surface area contributed by atoms with Gasteiger partial charge in [-0.05, 0) is 83.0 Å². The van der Waals surface area contributed by atoms with Gasteiger partial charge in [-0.2, -0.15) is 0 Å². The predicted octanol–water partition coefficient (Wildman–Crippen LogP) is 4.55. The van der Waals surface area contributed by atoms with Gasteiger partial charge >= 0.3 is 0 Å². The van der Waals surface area contributed by atoms with Crippen LogP contribution in [-0.2, 0) is 4.79 Å². The molecule has 32 heavy (non-hydrogen) atoms. The van der Waals surface area contributed by atoms with E-state index >= 15 is 0 Å². The van der Waals surface area contributed by atoms with Crippen LogP contribution in [0.15, 0.2) is 77.3 Å². The molecule has 0 bridgehead atoms. The number of amides is 1. The summed E-state index contributed by atoms with van der Waals surface area (Å²) in [6, 6.07) is 0.280. The Kier molecular flexibility index (Phi) is 12.5. The average Bonchev–Trinajstić information content (AvgIpc) is 2.80. The Labute approximate surface area is 194 Å². The van der Waals surface area contributed by atoms with E-state index in [1.165, 1.54) is 0 Å². The van der Waals surface area contributed by atoms with E-state index in [2.05, 4.69) is 53.9 Å². The second-order valence-corrected chi connectivity index (χ2v) is 7.81.